The molecule has 2 heterocycles. The Morgan fingerprint density at radius 3 is 2.13 bits per heavy atom. The summed E-state index contributed by atoms with van der Waals surface area (Å²) in [5.41, 5.74) is 7.43. The number of pyridine rings is 1. The van der Waals surface area contributed by atoms with Gasteiger partial charge in [-0.05, 0) is 29.0 Å². The standard InChI is InChI=1S/C33H22N3O.Pt/c37-32-18-6-5-17-31(32)35-20-21-36(23-35)33(25-11-9-10-24(22-25)30-16-7-8-19-34-30)28-14-3-1-12-26(28)27-13-2-4-15-29(27)33;/h1-21,37H;/q-1;+2. The molecule has 0 unspecified atom stereocenters. The van der Waals surface area contributed by atoms with Crippen LogP contribution in [0.4, 0.5) is 0 Å². The van der Waals surface area contributed by atoms with E-state index in [9.17, 15) is 5.11 Å². The van der Waals surface area contributed by atoms with Crippen LogP contribution < -0.4 is 4.57 Å². The van der Waals surface area contributed by atoms with Gasteiger partial charge in [-0.2, -0.15) is 0 Å². The number of rotatable bonds is 4. The smallest absolute Gasteiger partial charge is 0.513 e. The molecule has 0 saturated heterocycles. The average molecular weight is 672 g/mol. The third-order valence-electron chi connectivity index (χ3n) is 7.13. The molecule has 0 radical (unpaired) electrons. The molecular weight excluding hydrogens is 649 g/mol. The number of fused-ring (bicyclic) bond motifs is 3. The van der Waals surface area contributed by atoms with Crippen molar-refractivity contribution in [3.05, 3.63) is 157 Å². The van der Waals surface area contributed by atoms with Crippen molar-refractivity contribution in [3.63, 3.8) is 0 Å². The normalized spacial score (nSPS) is 12.8. The van der Waals surface area contributed by atoms with Crippen molar-refractivity contribution in [2.24, 2.45) is 0 Å². The summed E-state index contributed by atoms with van der Waals surface area (Å²) >= 11 is 0. The molecule has 0 aliphatic heterocycles. The van der Waals surface area contributed by atoms with Gasteiger partial charge >= 0.3 is 21.1 Å². The number of benzene rings is 4. The van der Waals surface area contributed by atoms with Crippen molar-refractivity contribution < 1.29 is 30.7 Å². The maximum absolute atomic E-state index is 10.5. The average Bonchev–Trinajstić information content (AvgIpc) is 3.56. The summed E-state index contributed by atoms with van der Waals surface area (Å²) in [6, 6.07) is 40.3. The summed E-state index contributed by atoms with van der Waals surface area (Å²) in [5, 5.41) is 10.5. The number of para-hydroxylation sites is 2. The summed E-state index contributed by atoms with van der Waals surface area (Å²) in [7, 11) is 0. The van der Waals surface area contributed by atoms with E-state index in [1.807, 2.05) is 59.4 Å². The van der Waals surface area contributed by atoms with Crippen molar-refractivity contribution in [3.8, 4) is 33.8 Å². The zero-order valence-corrected chi connectivity index (χ0v) is 22.5. The predicted molar refractivity (Wildman–Crippen MR) is 142 cm³/mol. The number of hydrogen-bond donors (Lipinski definition) is 1. The Hall–Kier alpha value is -4.27. The monoisotopic (exact) mass is 671 g/mol. The Morgan fingerprint density at radius 1 is 0.737 bits per heavy atom. The van der Waals surface area contributed by atoms with Crippen LogP contribution in [-0.2, 0) is 26.6 Å². The summed E-state index contributed by atoms with van der Waals surface area (Å²) in [5.74, 6) is 0.200. The zero-order valence-electron chi connectivity index (χ0n) is 20.2. The molecule has 184 valence electrons. The van der Waals surface area contributed by atoms with Crippen LogP contribution in [0.5, 0.6) is 5.75 Å². The molecule has 38 heavy (non-hydrogen) atoms. The molecular formula is C33H22N3OPt+. The third kappa shape index (κ3) is 3.56. The van der Waals surface area contributed by atoms with Crippen molar-refractivity contribution in [2.75, 3.05) is 0 Å². The van der Waals surface area contributed by atoms with Gasteiger partial charge in [0.2, 0.25) is 6.33 Å². The quantitative estimate of drug-likeness (QED) is 0.186. The van der Waals surface area contributed by atoms with Crippen molar-refractivity contribution in [1.29, 1.82) is 0 Å². The minimum atomic E-state index is -0.715. The van der Waals surface area contributed by atoms with Gasteiger partial charge in [0.1, 0.15) is 5.75 Å². The first-order valence-corrected chi connectivity index (χ1v) is 12.2. The van der Waals surface area contributed by atoms with Crippen LogP contribution in [-0.4, -0.2) is 14.7 Å². The second-order valence-electron chi connectivity index (χ2n) is 9.12. The van der Waals surface area contributed by atoms with E-state index in [1.165, 1.54) is 11.1 Å². The molecule has 5 heteroatoms. The summed E-state index contributed by atoms with van der Waals surface area (Å²) in [6.45, 7) is 0. The number of aromatic nitrogens is 3. The van der Waals surface area contributed by atoms with E-state index in [1.54, 1.807) is 12.3 Å². The molecule has 0 fully saturated rings. The van der Waals surface area contributed by atoms with E-state index >= 15 is 0 Å². The minimum Gasteiger partial charge on any atom is -0.513 e. The zero-order chi connectivity index (χ0) is 24.8. The predicted octanol–water partition coefficient (Wildman–Crippen LogP) is 5.95. The van der Waals surface area contributed by atoms with E-state index < -0.39 is 5.54 Å². The fourth-order valence-electron chi connectivity index (χ4n) is 5.55. The summed E-state index contributed by atoms with van der Waals surface area (Å²) < 4.78 is 3.95. The van der Waals surface area contributed by atoms with Gasteiger partial charge < -0.3 is 19.2 Å². The number of aromatic hydroxyl groups is 1. The molecule has 0 amide bonds. The number of phenols is 1. The first-order chi connectivity index (χ1) is 18.3. The Balaban J connectivity index is 0.00000264. The molecule has 6 aromatic rings. The topological polar surface area (TPSA) is 41.9 Å². The van der Waals surface area contributed by atoms with Crippen LogP contribution in [0.2, 0.25) is 0 Å². The maximum Gasteiger partial charge on any atom is 2.00 e. The van der Waals surface area contributed by atoms with Crippen LogP contribution >= 0.6 is 0 Å². The van der Waals surface area contributed by atoms with Crippen LogP contribution in [0.3, 0.4) is 0 Å². The first kappa shape index (κ1) is 24.1. The van der Waals surface area contributed by atoms with Gasteiger partial charge in [-0.15, -0.1) is 29.8 Å². The van der Waals surface area contributed by atoms with Gasteiger partial charge in [0.25, 0.3) is 0 Å². The van der Waals surface area contributed by atoms with Gasteiger partial charge in [-0.1, -0.05) is 84.4 Å². The van der Waals surface area contributed by atoms with Crippen molar-refractivity contribution >= 4 is 0 Å². The Kier molecular flexibility index (Phi) is 6.06. The molecule has 1 aliphatic carbocycles. The summed E-state index contributed by atoms with van der Waals surface area (Å²) in [4.78, 5) is 4.58. The largest absolute Gasteiger partial charge is 2.00 e. The molecule has 2 aromatic heterocycles. The SMILES string of the molecule is Oc1ccccc1-n1[c-][n+](C2(c3[c-]c(-c4ccccn4)ccc3)c3ccccc3-c3ccccc32)cc1.[Pt+2]. The second-order valence-corrected chi connectivity index (χ2v) is 9.12. The van der Waals surface area contributed by atoms with Gasteiger partial charge in [0.15, 0.2) is 5.54 Å². The fourth-order valence-corrected chi connectivity index (χ4v) is 5.55. The molecule has 1 aliphatic rings. The van der Waals surface area contributed by atoms with Crippen LogP contribution in [0.1, 0.15) is 16.7 Å². The van der Waals surface area contributed by atoms with Crippen LogP contribution in [0, 0.1) is 12.4 Å². The van der Waals surface area contributed by atoms with Gasteiger partial charge in [0.05, 0.1) is 5.69 Å². The molecule has 1 N–H and O–H groups in total. The molecule has 0 spiro atoms. The first-order valence-electron chi connectivity index (χ1n) is 12.2. The number of phenolic OH excluding ortho intramolecular Hbond substituents is 1. The van der Waals surface area contributed by atoms with E-state index in [0.29, 0.717) is 5.69 Å². The van der Waals surface area contributed by atoms with Gasteiger partial charge in [-0.3, -0.25) is 0 Å². The number of nitrogens with zero attached hydrogens (tertiary/aromatic N) is 3. The van der Waals surface area contributed by atoms with E-state index in [-0.39, 0.29) is 26.8 Å². The van der Waals surface area contributed by atoms with E-state index in [4.69, 9.17) is 0 Å². The van der Waals surface area contributed by atoms with E-state index in [0.717, 1.165) is 27.9 Å². The van der Waals surface area contributed by atoms with Crippen LogP contribution in [0.15, 0.2) is 128 Å². The van der Waals surface area contributed by atoms with Crippen molar-refractivity contribution in [2.45, 2.75) is 5.54 Å². The van der Waals surface area contributed by atoms with Gasteiger partial charge in [0, 0.05) is 29.7 Å². The van der Waals surface area contributed by atoms with E-state index in [2.05, 4.69) is 82.6 Å². The molecule has 4 aromatic carbocycles. The van der Waals surface area contributed by atoms with Gasteiger partial charge in [-0.25, -0.2) is 0 Å². The Labute approximate surface area is 235 Å². The Morgan fingerprint density at radius 2 is 1.42 bits per heavy atom. The number of imidazole rings is 1. The third-order valence-corrected chi connectivity index (χ3v) is 7.13. The Bertz CT molecular complexity index is 1710. The maximum atomic E-state index is 10.5. The second kappa shape index (κ2) is 9.55. The summed E-state index contributed by atoms with van der Waals surface area (Å²) in [6.07, 6.45) is 9.29. The molecule has 0 saturated carbocycles. The van der Waals surface area contributed by atoms with Crippen molar-refractivity contribution in [1.82, 2.24) is 9.55 Å². The minimum absolute atomic E-state index is 0. The molecule has 4 nitrogen and oxygen atoms in total. The molecule has 0 bridgehead atoms. The fraction of sp³-hybridized carbons (Fsp3) is 0.0303. The molecule has 7 rings (SSSR count). The van der Waals surface area contributed by atoms with Crippen LogP contribution in [0.25, 0.3) is 28.1 Å². The molecule has 0 atom stereocenters. The number of hydrogen-bond acceptors (Lipinski definition) is 2.